The Hall–Kier alpha value is -3.44. The maximum Gasteiger partial charge on any atom is 0.341 e. The van der Waals surface area contributed by atoms with Gasteiger partial charge in [0.15, 0.2) is 0 Å². The van der Waals surface area contributed by atoms with Gasteiger partial charge in [0.1, 0.15) is 10.6 Å². The number of ether oxygens (including phenoxy) is 1. The van der Waals surface area contributed by atoms with Gasteiger partial charge in [-0.25, -0.2) is 4.79 Å². The van der Waals surface area contributed by atoms with Crippen LogP contribution in [0.5, 0.6) is 0 Å². The Labute approximate surface area is 179 Å². The molecule has 3 aromatic carbocycles. The Morgan fingerprint density at radius 1 is 0.867 bits per heavy atom. The van der Waals surface area contributed by atoms with Crippen molar-refractivity contribution in [3.63, 3.8) is 0 Å². The number of hydrogen-bond donors (Lipinski definition) is 1. The average Bonchev–Trinajstić information content (AvgIpc) is 3.13. The Bertz CT molecular complexity index is 1180. The van der Waals surface area contributed by atoms with E-state index in [9.17, 15) is 9.59 Å². The van der Waals surface area contributed by atoms with E-state index in [4.69, 9.17) is 4.74 Å². The second kappa shape index (κ2) is 8.93. The summed E-state index contributed by atoms with van der Waals surface area (Å²) in [7, 11) is 0. The van der Waals surface area contributed by atoms with Gasteiger partial charge in [0.2, 0.25) is 0 Å². The minimum Gasteiger partial charge on any atom is -0.462 e. The summed E-state index contributed by atoms with van der Waals surface area (Å²) in [6.07, 6.45) is 0.812. The minimum atomic E-state index is -0.427. The molecule has 1 amide bonds. The van der Waals surface area contributed by atoms with E-state index in [0.717, 1.165) is 22.1 Å². The minimum absolute atomic E-state index is 0.252. The third-order valence-corrected chi connectivity index (χ3v) is 5.86. The highest BCUT2D eigenvalue weighted by Crippen LogP contribution is 2.36. The molecule has 0 aliphatic heterocycles. The monoisotopic (exact) mass is 415 g/mol. The summed E-state index contributed by atoms with van der Waals surface area (Å²) in [6.45, 7) is 2.04. The number of thiophene rings is 1. The largest absolute Gasteiger partial charge is 0.462 e. The average molecular weight is 416 g/mol. The van der Waals surface area contributed by atoms with Crippen molar-refractivity contribution >= 4 is 38.3 Å². The topological polar surface area (TPSA) is 55.4 Å². The van der Waals surface area contributed by atoms with Crippen molar-refractivity contribution in [1.82, 2.24) is 0 Å². The van der Waals surface area contributed by atoms with Crippen LogP contribution in [-0.4, -0.2) is 18.5 Å². The maximum absolute atomic E-state index is 12.8. The van der Waals surface area contributed by atoms with Crippen LogP contribution >= 0.6 is 11.3 Å². The fraction of sp³-hybridized carbons (Fsp3) is 0.120. The van der Waals surface area contributed by atoms with Gasteiger partial charge in [-0.15, -0.1) is 11.3 Å². The van der Waals surface area contributed by atoms with Crippen LogP contribution in [0.15, 0.2) is 78.9 Å². The van der Waals surface area contributed by atoms with Crippen molar-refractivity contribution in [3.05, 3.63) is 101 Å². The van der Waals surface area contributed by atoms with Crippen LogP contribution in [0.1, 0.15) is 38.8 Å². The van der Waals surface area contributed by atoms with Gasteiger partial charge < -0.3 is 10.1 Å². The van der Waals surface area contributed by atoms with Crippen molar-refractivity contribution in [2.45, 2.75) is 13.3 Å². The van der Waals surface area contributed by atoms with E-state index in [-0.39, 0.29) is 12.5 Å². The van der Waals surface area contributed by atoms with Gasteiger partial charge in [-0.1, -0.05) is 60.7 Å². The summed E-state index contributed by atoms with van der Waals surface area (Å²) in [5.74, 6) is -0.679. The van der Waals surface area contributed by atoms with Gasteiger partial charge >= 0.3 is 5.97 Å². The summed E-state index contributed by atoms with van der Waals surface area (Å²) >= 11 is 1.37. The molecule has 0 fully saturated rings. The number of anilines is 1. The van der Waals surface area contributed by atoms with Gasteiger partial charge in [-0.2, -0.15) is 0 Å². The molecule has 150 valence electrons. The molecule has 0 unspecified atom stereocenters. The quantitative estimate of drug-likeness (QED) is 0.398. The van der Waals surface area contributed by atoms with E-state index in [2.05, 4.69) is 17.4 Å². The van der Waals surface area contributed by atoms with Crippen LogP contribution in [0.3, 0.4) is 0 Å². The first-order chi connectivity index (χ1) is 14.7. The van der Waals surface area contributed by atoms with E-state index >= 15 is 0 Å². The van der Waals surface area contributed by atoms with Crippen molar-refractivity contribution in [3.8, 4) is 0 Å². The Balaban J connectivity index is 1.56. The summed E-state index contributed by atoms with van der Waals surface area (Å²) in [5, 5.41) is 4.20. The van der Waals surface area contributed by atoms with Crippen molar-refractivity contribution in [2.24, 2.45) is 0 Å². The lowest BCUT2D eigenvalue weighted by molar-refractivity contribution is 0.0530. The zero-order valence-electron chi connectivity index (χ0n) is 16.6. The molecule has 4 rings (SSSR count). The first-order valence-corrected chi connectivity index (χ1v) is 10.6. The van der Waals surface area contributed by atoms with E-state index in [0.29, 0.717) is 16.1 Å². The SMILES string of the molecule is CCOC(=O)c1c(NC(=O)c2ccc(Cc3ccccc3)cc2)sc2ccccc12. The first-order valence-electron chi connectivity index (χ1n) is 9.78. The van der Waals surface area contributed by atoms with Crippen molar-refractivity contribution in [1.29, 1.82) is 0 Å². The molecule has 0 bridgehead atoms. The van der Waals surface area contributed by atoms with Crippen LogP contribution in [-0.2, 0) is 11.2 Å². The molecule has 30 heavy (non-hydrogen) atoms. The number of rotatable bonds is 6. The van der Waals surface area contributed by atoms with Crippen LogP contribution in [0, 0.1) is 0 Å². The number of benzene rings is 3. The molecule has 0 radical (unpaired) electrons. The number of nitrogens with one attached hydrogen (secondary N) is 1. The van der Waals surface area contributed by atoms with Gasteiger partial charge in [0.25, 0.3) is 5.91 Å². The molecule has 0 saturated carbocycles. The number of hydrogen-bond acceptors (Lipinski definition) is 4. The molecule has 0 spiro atoms. The van der Waals surface area contributed by atoms with E-state index in [1.807, 2.05) is 66.7 Å². The molecular formula is C25H21NO3S. The number of carbonyl (C=O) groups excluding carboxylic acids is 2. The highest BCUT2D eigenvalue weighted by atomic mass is 32.1. The van der Waals surface area contributed by atoms with Gasteiger partial charge in [-0.3, -0.25) is 4.79 Å². The molecule has 1 N–H and O–H groups in total. The second-order valence-electron chi connectivity index (χ2n) is 6.84. The third kappa shape index (κ3) is 4.26. The summed E-state index contributed by atoms with van der Waals surface area (Å²) in [5.41, 5.74) is 3.30. The fourth-order valence-electron chi connectivity index (χ4n) is 3.32. The number of amides is 1. The Morgan fingerprint density at radius 2 is 1.53 bits per heavy atom. The van der Waals surface area contributed by atoms with Crippen molar-refractivity contribution in [2.75, 3.05) is 11.9 Å². The second-order valence-corrected chi connectivity index (χ2v) is 7.89. The highest BCUT2D eigenvalue weighted by Gasteiger charge is 2.21. The first kappa shape index (κ1) is 19.9. The third-order valence-electron chi connectivity index (χ3n) is 4.77. The van der Waals surface area contributed by atoms with Crippen LogP contribution < -0.4 is 5.32 Å². The van der Waals surface area contributed by atoms with E-state index in [1.165, 1.54) is 16.9 Å². The molecule has 1 heterocycles. The number of carbonyl (C=O) groups is 2. The molecule has 4 aromatic rings. The molecule has 1 aromatic heterocycles. The van der Waals surface area contributed by atoms with Crippen molar-refractivity contribution < 1.29 is 14.3 Å². The van der Waals surface area contributed by atoms with Crippen LogP contribution in [0.25, 0.3) is 10.1 Å². The molecule has 0 aliphatic carbocycles. The smallest absolute Gasteiger partial charge is 0.341 e. The zero-order chi connectivity index (χ0) is 20.9. The lowest BCUT2D eigenvalue weighted by Gasteiger charge is -2.08. The molecule has 5 heteroatoms. The molecular weight excluding hydrogens is 394 g/mol. The number of fused-ring (bicyclic) bond motifs is 1. The Morgan fingerprint density at radius 3 is 2.27 bits per heavy atom. The van der Waals surface area contributed by atoms with Gasteiger partial charge in [0, 0.05) is 15.6 Å². The molecule has 4 nitrogen and oxygen atoms in total. The summed E-state index contributed by atoms with van der Waals surface area (Å²) in [6, 6.07) is 25.3. The zero-order valence-corrected chi connectivity index (χ0v) is 17.4. The van der Waals surface area contributed by atoms with Crippen LogP contribution in [0.4, 0.5) is 5.00 Å². The standard InChI is InChI=1S/C25H21NO3S/c1-2-29-25(28)22-20-10-6-7-11-21(20)30-24(22)26-23(27)19-14-12-18(13-15-19)16-17-8-4-3-5-9-17/h3-15H,2,16H2,1H3,(H,26,27). The van der Waals surface area contributed by atoms with E-state index in [1.54, 1.807) is 6.92 Å². The molecule has 0 aliphatic rings. The predicted molar refractivity (Wildman–Crippen MR) is 121 cm³/mol. The summed E-state index contributed by atoms with van der Waals surface area (Å²) in [4.78, 5) is 25.3. The summed E-state index contributed by atoms with van der Waals surface area (Å²) < 4.78 is 6.14. The van der Waals surface area contributed by atoms with Gasteiger partial charge in [-0.05, 0) is 42.7 Å². The van der Waals surface area contributed by atoms with E-state index < -0.39 is 5.97 Å². The van der Waals surface area contributed by atoms with Crippen LogP contribution in [0.2, 0.25) is 0 Å². The molecule has 0 saturated heterocycles. The van der Waals surface area contributed by atoms with Gasteiger partial charge in [0.05, 0.1) is 6.61 Å². The lowest BCUT2D eigenvalue weighted by atomic mass is 10.0. The maximum atomic E-state index is 12.8. The predicted octanol–water partition coefficient (Wildman–Crippen LogP) is 5.92. The number of esters is 1. The normalized spacial score (nSPS) is 10.7. The fourth-order valence-corrected chi connectivity index (χ4v) is 4.41. The Kier molecular flexibility index (Phi) is 5.91. The highest BCUT2D eigenvalue weighted by molar-refractivity contribution is 7.23. The lowest BCUT2D eigenvalue weighted by Crippen LogP contribution is -2.14. The molecule has 0 atom stereocenters.